The van der Waals surface area contributed by atoms with Crippen LogP contribution in [-0.2, 0) is 0 Å². The number of nitrogens with zero attached hydrogens (tertiary/aromatic N) is 1. The minimum Gasteiger partial charge on any atom is -0.556 e. The second-order valence-electron chi connectivity index (χ2n) is 7.22. The van der Waals surface area contributed by atoms with Gasteiger partial charge in [0.1, 0.15) is 5.75 Å². The van der Waals surface area contributed by atoms with E-state index in [9.17, 15) is 0 Å². The molecule has 3 rings (SSSR count). The summed E-state index contributed by atoms with van der Waals surface area (Å²) in [6, 6.07) is 12.1. The molecule has 0 N–H and O–H groups in total. The van der Waals surface area contributed by atoms with E-state index in [4.69, 9.17) is 27.9 Å². The second kappa shape index (κ2) is 9.17. The first-order valence-electron chi connectivity index (χ1n) is 9.44. The molecule has 1 saturated heterocycles. The monoisotopic (exact) mass is 389 g/mol. The van der Waals surface area contributed by atoms with Gasteiger partial charge in [-0.3, -0.25) is 0 Å². The molecule has 1 aliphatic heterocycles. The van der Waals surface area contributed by atoms with Crippen molar-refractivity contribution in [3.8, 4) is 5.75 Å². The van der Waals surface area contributed by atoms with Gasteiger partial charge < -0.3 is 9.55 Å². The van der Waals surface area contributed by atoms with Crippen molar-refractivity contribution in [2.24, 2.45) is 0 Å². The van der Waals surface area contributed by atoms with Crippen molar-refractivity contribution in [2.75, 3.05) is 19.6 Å². The third-order valence-corrected chi connectivity index (χ3v) is 5.96. The van der Waals surface area contributed by atoms with Gasteiger partial charge in [-0.15, -0.1) is 0 Å². The zero-order chi connectivity index (χ0) is 18.5. The molecule has 0 aromatic heterocycles. The van der Waals surface area contributed by atoms with Gasteiger partial charge in [0.05, 0.1) is 0 Å². The summed E-state index contributed by atoms with van der Waals surface area (Å²) in [5.74, 6) is 0.806. The van der Waals surface area contributed by atoms with Crippen molar-refractivity contribution < 1.29 is 4.65 Å². The molecule has 0 aliphatic carbocycles. The fourth-order valence-corrected chi connectivity index (χ4v) is 3.76. The first-order valence-corrected chi connectivity index (χ1v) is 10.2. The Bertz CT molecular complexity index is 747. The predicted molar refractivity (Wildman–Crippen MR) is 113 cm³/mol. The molecule has 2 nitrogen and oxygen atoms in total. The molecule has 2 aromatic rings. The van der Waals surface area contributed by atoms with Gasteiger partial charge in [-0.1, -0.05) is 47.8 Å². The van der Waals surface area contributed by atoms with Gasteiger partial charge in [0.15, 0.2) is 0 Å². The minimum absolute atomic E-state index is 0.0335. The summed E-state index contributed by atoms with van der Waals surface area (Å²) in [5.41, 5.74) is 3.26. The SMILES string of the molecule is Cc1ccc(OB(CCN2CCCCC2)c2ccc(C)c(Cl)c2)cc1Cl. The van der Waals surface area contributed by atoms with Gasteiger partial charge >= 0.3 is 6.92 Å². The largest absolute Gasteiger partial charge is 0.556 e. The highest BCUT2D eigenvalue weighted by atomic mass is 35.5. The van der Waals surface area contributed by atoms with Crippen LogP contribution in [0.5, 0.6) is 5.75 Å². The predicted octanol–water partition coefficient (Wildman–Crippen LogP) is 5.37. The molecular weight excluding hydrogens is 364 g/mol. The lowest BCUT2D eigenvalue weighted by molar-refractivity contribution is 0.238. The van der Waals surface area contributed by atoms with Crippen LogP contribution in [0.4, 0.5) is 0 Å². The van der Waals surface area contributed by atoms with Crippen molar-refractivity contribution in [1.82, 2.24) is 4.90 Å². The highest BCUT2D eigenvalue weighted by Gasteiger charge is 2.23. The second-order valence-corrected chi connectivity index (χ2v) is 8.03. The molecule has 1 aliphatic rings. The van der Waals surface area contributed by atoms with E-state index >= 15 is 0 Å². The van der Waals surface area contributed by atoms with Crippen LogP contribution < -0.4 is 10.1 Å². The van der Waals surface area contributed by atoms with Crippen molar-refractivity contribution >= 4 is 35.6 Å². The average molecular weight is 390 g/mol. The third-order valence-electron chi connectivity index (χ3n) is 5.15. The molecule has 26 heavy (non-hydrogen) atoms. The number of piperidine rings is 1. The Kier molecular flexibility index (Phi) is 6.91. The summed E-state index contributed by atoms with van der Waals surface area (Å²) >= 11 is 12.6. The van der Waals surface area contributed by atoms with Crippen molar-refractivity contribution in [3.63, 3.8) is 0 Å². The number of hydrogen-bond donors (Lipinski definition) is 0. The fraction of sp³-hybridized carbons (Fsp3) is 0.429. The van der Waals surface area contributed by atoms with E-state index in [-0.39, 0.29) is 6.92 Å². The van der Waals surface area contributed by atoms with Crippen LogP contribution in [0.25, 0.3) is 0 Å². The van der Waals surface area contributed by atoms with Crippen LogP contribution in [0.2, 0.25) is 16.4 Å². The Morgan fingerprint density at radius 1 is 0.923 bits per heavy atom. The highest BCUT2D eigenvalue weighted by molar-refractivity contribution is 6.68. The normalized spacial score (nSPS) is 15.1. The summed E-state index contributed by atoms with van der Waals surface area (Å²) in [6.07, 6.45) is 4.89. The average Bonchev–Trinajstić information content (AvgIpc) is 2.65. The number of hydrogen-bond acceptors (Lipinski definition) is 2. The van der Waals surface area contributed by atoms with Gasteiger partial charge in [-0.05, 0) is 87.4 Å². The Morgan fingerprint density at radius 2 is 1.58 bits per heavy atom. The van der Waals surface area contributed by atoms with Gasteiger partial charge in [0.2, 0.25) is 0 Å². The zero-order valence-corrected chi connectivity index (χ0v) is 17.1. The van der Waals surface area contributed by atoms with Crippen LogP contribution in [0.15, 0.2) is 36.4 Å². The van der Waals surface area contributed by atoms with Crippen LogP contribution >= 0.6 is 23.2 Å². The molecular formula is C21H26BCl2NO. The molecule has 0 atom stereocenters. The standard InChI is InChI=1S/C21H26BCl2NO/c1-16-6-8-18(14-20(16)23)22(10-13-25-11-4-3-5-12-25)26-19-9-7-17(2)21(24)15-19/h6-9,14-15H,3-5,10-13H2,1-2H3. The Balaban J connectivity index is 1.77. The Hall–Kier alpha value is -1.16. The van der Waals surface area contributed by atoms with Crippen LogP contribution in [0.3, 0.4) is 0 Å². The summed E-state index contributed by atoms with van der Waals surface area (Å²) in [7, 11) is 0. The van der Waals surface area contributed by atoms with Gasteiger partial charge in [0.25, 0.3) is 0 Å². The van der Waals surface area contributed by atoms with Crippen LogP contribution in [0.1, 0.15) is 30.4 Å². The molecule has 138 valence electrons. The van der Waals surface area contributed by atoms with Crippen molar-refractivity contribution in [1.29, 1.82) is 0 Å². The molecule has 0 unspecified atom stereocenters. The van der Waals surface area contributed by atoms with E-state index in [2.05, 4.69) is 17.0 Å². The Morgan fingerprint density at radius 3 is 2.23 bits per heavy atom. The number of rotatable bonds is 6. The van der Waals surface area contributed by atoms with E-state index in [0.717, 1.165) is 45.2 Å². The first-order chi connectivity index (χ1) is 12.5. The molecule has 1 fully saturated rings. The topological polar surface area (TPSA) is 12.5 Å². The molecule has 1 heterocycles. The lowest BCUT2D eigenvalue weighted by atomic mass is 9.58. The summed E-state index contributed by atoms with van der Waals surface area (Å²) in [6.45, 7) is 7.41. The molecule has 0 radical (unpaired) electrons. The number of aryl methyl sites for hydroxylation is 2. The summed E-state index contributed by atoms with van der Waals surface area (Å²) < 4.78 is 6.35. The number of benzene rings is 2. The van der Waals surface area contributed by atoms with Gasteiger partial charge in [-0.2, -0.15) is 0 Å². The lowest BCUT2D eigenvalue weighted by Gasteiger charge is -2.27. The molecule has 0 amide bonds. The number of halogens is 2. The summed E-state index contributed by atoms with van der Waals surface area (Å²) in [5, 5.41) is 1.52. The van der Waals surface area contributed by atoms with Crippen LogP contribution in [-0.4, -0.2) is 31.4 Å². The third kappa shape index (κ3) is 5.19. The smallest absolute Gasteiger partial charge is 0.392 e. The van der Waals surface area contributed by atoms with Gasteiger partial charge in [0, 0.05) is 10.0 Å². The Labute approximate surface area is 167 Å². The maximum atomic E-state index is 6.37. The maximum Gasteiger partial charge on any atom is 0.392 e. The minimum atomic E-state index is -0.0335. The maximum absolute atomic E-state index is 6.37. The summed E-state index contributed by atoms with van der Waals surface area (Å²) in [4.78, 5) is 2.54. The van der Waals surface area contributed by atoms with Gasteiger partial charge in [-0.25, -0.2) is 0 Å². The quantitative estimate of drug-likeness (QED) is 0.615. The number of likely N-dealkylation sites (tertiary alicyclic amines) is 1. The molecule has 2 aromatic carbocycles. The van der Waals surface area contributed by atoms with E-state index in [1.165, 1.54) is 32.4 Å². The molecule has 0 bridgehead atoms. The zero-order valence-electron chi connectivity index (χ0n) is 15.6. The van der Waals surface area contributed by atoms with Crippen molar-refractivity contribution in [3.05, 3.63) is 57.6 Å². The highest BCUT2D eigenvalue weighted by Crippen LogP contribution is 2.23. The van der Waals surface area contributed by atoms with E-state index < -0.39 is 0 Å². The molecule has 0 saturated carbocycles. The molecule has 0 spiro atoms. The van der Waals surface area contributed by atoms with E-state index in [1.54, 1.807) is 0 Å². The van der Waals surface area contributed by atoms with Crippen LogP contribution in [0, 0.1) is 13.8 Å². The lowest BCUT2D eigenvalue weighted by Crippen LogP contribution is -2.41. The van der Waals surface area contributed by atoms with E-state index in [1.807, 2.05) is 38.1 Å². The molecule has 5 heteroatoms. The van der Waals surface area contributed by atoms with Crippen molar-refractivity contribution in [2.45, 2.75) is 39.4 Å². The fourth-order valence-electron chi connectivity index (χ4n) is 3.40. The van der Waals surface area contributed by atoms with E-state index in [0.29, 0.717) is 0 Å². The first kappa shape index (κ1) is 19.6.